The molecule has 156 valence electrons. The van der Waals surface area contributed by atoms with Gasteiger partial charge in [0.05, 0.1) is 11.9 Å². The lowest BCUT2D eigenvalue weighted by Gasteiger charge is -2.34. The normalized spacial score (nSPS) is 19.8. The summed E-state index contributed by atoms with van der Waals surface area (Å²) >= 11 is 0. The van der Waals surface area contributed by atoms with Crippen molar-refractivity contribution < 1.29 is 14.9 Å². The van der Waals surface area contributed by atoms with E-state index < -0.39 is 6.29 Å². The van der Waals surface area contributed by atoms with Crippen molar-refractivity contribution >= 4 is 11.4 Å². The third kappa shape index (κ3) is 4.55. The van der Waals surface area contributed by atoms with E-state index in [9.17, 15) is 10.2 Å². The number of rotatable bonds is 6. The molecule has 1 aliphatic heterocycles. The van der Waals surface area contributed by atoms with Crippen LogP contribution < -0.4 is 10.2 Å². The zero-order valence-electron chi connectivity index (χ0n) is 17.1. The monoisotopic (exact) mass is 397 g/mol. The molecule has 6 nitrogen and oxygen atoms in total. The number of hydrogen-bond acceptors (Lipinski definition) is 6. The van der Waals surface area contributed by atoms with Crippen LogP contribution in [0.4, 0.5) is 11.4 Å². The number of nitrogens with zero attached hydrogens (tertiary/aromatic N) is 2. The maximum absolute atomic E-state index is 9.56. The van der Waals surface area contributed by atoms with Gasteiger partial charge in [0, 0.05) is 56.2 Å². The SMILES string of the molecule is CN(c1ccc2c(c1)CCC[C@H]2CNc1cnccc1C(O)O)C1CCOCC1. The molecule has 1 fully saturated rings. The zero-order valence-corrected chi connectivity index (χ0v) is 17.1. The van der Waals surface area contributed by atoms with Gasteiger partial charge in [-0.15, -0.1) is 0 Å². The smallest absolute Gasteiger partial charge is 0.180 e. The highest BCUT2D eigenvalue weighted by molar-refractivity contribution is 5.54. The van der Waals surface area contributed by atoms with E-state index in [0.29, 0.717) is 23.2 Å². The average molecular weight is 398 g/mol. The van der Waals surface area contributed by atoms with E-state index in [2.05, 4.69) is 40.4 Å². The molecule has 0 radical (unpaired) electrons. The summed E-state index contributed by atoms with van der Waals surface area (Å²) in [5, 5.41) is 22.5. The van der Waals surface area contributed by atoms with Gasteiger partial charge in [-0.1, -0.05) is 6.07 Å². The van der Waals surface area contributed by atoms with Crippen molar-refractivity contribution in [1.82, 2.24) is 4.98 Å². The van der Waals surface area contributed by atoms with Gasteiger partial charge in [-0.2, -0.15) is 0 Å². The zero-order chi connectivity index (χ0) is 20.2. The Morgan fingerprint density at radius 1 is 1.21 bits per heavy atom. The number of fused-ring (bicyclic) bond motifs is 1. The van der Waals surface area contributed by atoms with Crippen LogP contribution in [0.1, 0.15) is 54.6 Å². The Bertz CT molecular complexity index is 821. The Labute approximate surface area is 172 Å². The Kier molecular flexibility index (Phi) is 6.33. The van der Waals surface area contributed by atoms with Crippen LogP contribution in [0.15, 0.2) is 36.7 Å². The average Bonchev–Trinajstić information content (AvgIpc) is 2.77. The number of benzene rings is 1. The molecule has 1 aliphatic carbocycles. The molecule has 1 saturated heterocycles. The van der Waals surface area contributed by atoms with Crippen LogP contribution in [-0.4, -0.2) is 48.0 Å². The molecular weight excluding hydrogens is 366 g/mol. The van der Waals surface area contributed by atoms with Crippen molar-refractivity contribution in [2.24, 2.45) is 0 Å². The molecule has 2 heterocycles. The standard InChI is InChI=1S/C23H31N3O3/c1-26(18-8-11-29-12-9-18)19-5-6-20-16(13-19)3-2-4-17(20)14-25-22-15-24-10-7-21(22)23(27)28/h5-7,10,13,15,17-18,23,25,27-28H,2-4,8-9,11-12,14H2,1H3/t17-/m0/s1. The van der Waals surface area contributed by atoms with Gasteiger partial charge in [-0.3, -0.25) is 4.98 Å². The summed E-state index contributed by atoms with van der Waals surface area (Å²) in [6.45, 7) is 2.46. The van der Waals surface area contributed by atoms with Gasteiger partial charge in [-0.25, -0.2) is 0 Å². The molecule has 2 aromatic rings. The van der Waals surface area contributed by atoms with Crippen molar-refractivity contribution in [3.8, 4) is 0 Å². The number of nitrogens with one attached hydrogen (secondary N) is 1. The summed E-state index contributed by atoms with van der Waals surface area (Å²) in [7, 11) is 2.20. The Hall–Kier alpha value is -2.15. The predicted octanol–water partition coefficient (Wildman–Crippen LogP) is 3.21. The summed E-state index contributed by atoms with van der Waals surface area (Å²) in [5.74, 6) is 0.407. The number of anilines is 2. The Morgan fingerprint density at radius 3 is 2.83 bits per heavy atom. The number of aromatic nitrogens is 1. The van der Waals surface area contributed by atoms with E-state index in [1.165, 1.54) is 23.2 Å². The fourth-order valence-corrected chi connectivity index (χ4v) is 4.63. The molecule has 3 N–H and O–H groups in total. The summed E-state index contributed by atoms with van der Waals surface area (Å²) < 4.78 is 5.51. The molecule has 1 aromatic carbocycles. The molecule has 0 spiro atoms. The molecule has 0 amide bonds. The van der Waals surface area contributed by atoms with Crippen molar-refractivity contribution in [2.75, 3.05) is 37.0 Å². The van der Waals surface area contributed by atoms with E-state index in [0.717, 1.165) is 45.4 Å². The molecule has 0 unspecified atom stereocenters. The number of ether oxygens (including phenoxy) is 1. The minimum atomic E-state index is -1.50. The maximum atomic E-state index is 9.56. The molecule has 4 rings (SSSR count). The van der Waals surface area contributed by atoms with E-state index in [1.807, 2.05) is 0 Å². The van der Waals surface area contributed by atoms with Crippen LogP contribution in [0.5, 0.6) is 0 Å². The van der Waals surface area contributed by atoms with Gasteiger partial charge in [0.2, 0.25) is 0 Å². The summed E-state index contributed by atoms with van der Waals surface area (Å²) in [4.78, 5) is 6.52. The van der Waals surface area contributed by atoms with Crippen LogP contribution in [0.2, 0.25) is 0 Å². The molecule has 6 heteroatoms. The first-order valence-electron chi connectivity index (χ1n) is 10.6. The Morgan fingerprint density at radius 2 is 2.03 bits per heavy atom. The maximum Gasteiger partial charge on any atom is 0.180 e. The van der Waals surface area contributed by atoms with Crippen LogP contribution in [0, 0.1) is 0 Å². The van der Waals surface area contributed by atoms with Crippen molar-refractivity contribution in [1.29, 1.82) is 0 Å². The fourth-order valence-electron chi connectivity index (χ4n) is 4.63. The van der Waals surface area contributed by atoms with Gasteiger partial charge in [0.1, 0.15) is 0 Å². The largest absolute Gasteiger partial charge is 0.383 e. The predicted molar refractivity (Wildman–Crippen MR) is 114 cm³/mol. The molecule has 0 bridgehead atoms. The van der Waals surface area contributed by atoms with E-state index >= 15 is 0 Å². The topological polar surface area (TPSA) is 77.9 Å². The lowest BCUT2D eigenvalue weighted by atomic mass is 9.82. The van der Waals surface area contributed by atoms with Gasteiger partial charge in [0.25, 0.3) is 0 Å². The second-order valence-corrected chi connectivity index (χ2v) is 8.14. The quantitative estimate of drug-likeness (QED) is 0.650. The minimum absolute atomic E-state index is 0.407. The third-order valence-electron chi connectivity index (χ3n) is 6.38. The number of aliphatic hydroxyl groups excluding tert-OH is 1. The van der Waals surface area contributed by atoms with Crippen LogP contribution in [0.3, 0.4) is 0 Å². The first kappa shape index (κ1) is 20.1. The lowest BCUT2D eigenvalue weighted by Crippen LogP contribution is -2.36. The fraction of sp³-hybridized carbons (Fsp3) is 0.522. The highest BCUT2D eigenvalue weighted by Crippen LogP contribution is 2.35. The van der Waals surface area contributed by atoms with Crippen molar-refractivity contribution in [3.63, 3.8) is 0 Å². The van der Waals surface area contributed by atoms with Crippen LogP contribution >= 0.6 is 0 Å². The molecule has 1 atom stereocenters. The highest BCUT2D eigenvalue weighted by atomic mass is 16.5. The first-order valence-corrected chi connectivity index (χ1v) is 10.6. The molecule has 1 aromatic heterocycles. The third-order valence-corrected chi connectivity index (χ3v) is 6.38. The van der Waals surface area contributed by atoms with Crippen molar-refractivity contribution in [3.05, 3.63) is 53.3 Å². The number of pyridine rings is 1. The van der Waals surface area contributed by atoms with Gasteiger partial charge in [-0.05, 0) is 61.4 Å². The number of hydrogen-bond donors (Lipinski definition) is 3. The summed E-state index contributed by atoms with van der Waals surface area (Å²) in [6, 6.07) is 9.10. The van der Waals surface area contributed by atoms with E-state index in [-0.39, 0.29) is 0 Å². The second kappa shape index (κ2) is 9.11. The number of aliphatic hydroxyl groups is 2. The minimum Gasteiger partial charge on any atom is -0.383 e. The van der Waals surface area contributed by atoms with Crippen LogP contribution in [-0.2, 0) is 11.2 Å². The molecule has 2 aliphatic rings. The van der Waals surface area contributed by atoms with Gasteiger partial charge >= 0.3 is 0 Å². The van der Waals surface area contributed by atoms with E-state index in [1.54, 1.807) is 18.5 Å². The second-order valence-electron chi connectivity index (χ2n) is 8.14. The highest BCUT2D eigenvalue weighted by Gasteiger charge is 2.23. The lowest BCUT2D eigenvalue weighted by molar-refractivity contribution is -0.0419. The molecular formula is C23H31N3O3. The van der Waals surface area contributed by atoms with E-state index in [4.69, 9.17) is 4.74 Å². The van der Waals surface area contributed by atoms with Gasteiger partial charge < -0.3 is 25.2 Å². The first-order chi connectivity index (χ1) is 14.1. The summed E-state index contributed by atoms with van der Waals surface area (Å²) in [5.41, 5.74) is 5.29. The Balaban J connectivity index is 1.47. The van der Waals surface area contributed by atoms with Crippen LogP contribution in [0.25, 0.3) is 0 Å². The van der Waals surface area contributed by atoms with Gasteiger partial charge in [0.15, 0.2) is 6.29 Å². The molecule has 29 heavy (non-hydrogen) atoms. The number of aryl methyl sites for hydroxylation is 1. The van der Waals surface area contributed by atoms with Crippen molar-refractivity contribution in [2.45, 2.75) is 50.4 Å². The molecule has 0 saturated carbocycles. The summed E-state index contributed by atoms with van der Waals surface area (Å²) in [6.07, 6.45) is 7.33.